The lowest BCUT2D eigenvalue weighted by atomic mass is 9.93. The van der Waals surface area contributed by atoms with E-state index in [1.807, 2.05) is 0 Å². The lowest BCUT2D eigenvalue weighted by Crippen LogP contribution is -2.10. The Morgan fingerprint density at radius 2 is 0.741 bits per heavy atom. The molecule has 0 aliphatic heterocycles. The van der Waals surface area contributed by atoms with E-state index in [-0.39, 0.29) is 0 Å². The summed E-state index contributed by atoms with van der Waals surface area (Å²) >= 11 is 0. The fourth-order valence-electron chi connectivity index (χ4n) is 8.60. The van der Waals surface area contributed by atoms with E-state index in [2.05, 4.69) is 229 Å². The molecule has 0 spiro atoms. The van der Waals surface area contributed by atoms with Gasteiger partial charge in [-0.2, -0.15) is 0 Å². The number of fused-ring (bicyclic) bond motifs is 6. The highest BCUT2D eigenvalue weighted by molar-refractivity contribution is 6.23. The van der Waals surface area contributed by atoms with Gasteiger partial charge in [-0.1, -0.05) is 188 Å². The number of hydrogen-bond donors (Lipinski definition) is 0. The minimum atomic E-state index is 0.851. The van der Waals surface area contributed by atoms with E-state index in [0.717, 1.165) is 60.9 Å². The molecule has 10 aromatic carbocycles. The van der Waals surface area contributed by atoms with Crippen LogP contribution in [0.25, 0.3) is 88.0 Å². The highest BCUT2D eigenvalue weighted by Crippen LogP contribution is 2.48. The van der Waals surface area contributed by atoms with E-state index >= 15 is 0 Å². The second-order valence-corrected chi connectivity index (χ2v) is 14.9. The van der Waals surface area contributed by atoms with Gasteiger partial charge in [-0.3, -0.25) is 0 Å². The monoisotopic (exact) mass is 739 g/mol. The van der Waals surface area contributed by atoms with Crippen LogP contribution in [0, 0.1) is 0 Å². The van der Waals surface area contributed by atoms with Crippen LogP contribution in [0.2, 0.25) is 0 Å². The van der Waals surface area contributed by atoms with E-state index in [4.69, 9.17) is 4.42 Å². The van der Waals surface area contributed by atoms with Gasteiger partial charge in [-0.15, -0.1) is 0 Å². The van der Waals surface area contributed by atoms with Crippen LogP contribution in [0.3, 0.4) is 0 Å². The zero-order chi connectivity index (χ0) is 38.4. The predicted molar refractivity (Wildman–Crippen MR) is 245 cm³/mol. The summed E-state index contributed by atoms with van der Waals surface area (Å²) in [5.74, 6) is 0. The Kier molecular flexibility index (Phi) is 8.19. The van der Waals surface area contributed by atoms with Gasteiger partial charge in [0.05, 0.1) is 5.69 Å². The topological polar surface area (TPSA) is 16.4 Å². The highest BCUT2D eigenvalue weighted by Gasteiger charge is 2.24. The molecule has 11 rings (SSSR count). The number of anilines is 3. The van der Waals surface area contributed by atoms with Crippen LogP contribution in [0.4, 0.5) is 17.1 Å². The van der Waals surface area contributed by atoms with E-state index in [1.165, 1.54) is 44.2 Å². The molecule has 0 radical (unpaired) electrons. The third-order valence-electron chi connectivity index (χ3n) is 11.5. The normalized spacial score (nSPS) is 11.4. The zero-order valence-electron chi connectivity index (χ0n) is 31.7. The first kappa shape index (κ1) is 33.6. The van der Waals surface area contributed by atoms with Crippen LogP contribution in [0.5, 0.6) is 0 Å². The van der Waals surface area contributed by atoms with Crippen LogP contribution >= 0.6 is 0 Å². The summed E-state index contributed by atoms with van der Waals surface area (Å²) in [5, 5.41) is 6.90. The average Bonchev–Trinajstić information content (AvgIpc) is 3.71. The molecule has 1 heterocycles. The van der Waals surface area contributed by atoms with Crippen molar-refractivity contribution in [1.82, 2.24) is 0 Å². The third kappa shape index (κ3) is 5.82. The molecule has 11 aromatic rings. The van der Waals surface area contributed by atoms with E-state index < -0.39 is 0 Å². The van der Waals surface area contributed by atoms with Crippen molar-refractivity contribution in [2.45, 2.75) is 0 Å². The van der Waals surface area contributed by atoms with Crippen LogP contribution in [0.1, 0.15) is 0 Å². The molecule has 0 aliphatic carbocycles. The summed E-state index contributed by atoms with van der Waals surface area (Å²) in [4.78, 5) is 2.34. The fraction of sp³-hybridized carbons (Fsp3) is 0. The summed E-state index contributed by atoms with van der Waals surface area (Å²) in [7, 11) is 0. The minimum absolute atomic E-state index is 0.851. The molecular weight excluding hydrogens is 703 g/mol. The van der Waals surface area contributed by atoms with Crippen molar-refractivity contribution in [2.75, 3.05) is 4.90 Å². The molecule has 0 unspecified atom stereocenters. The van der Waals surface area contributed by atoms with Gasteiger partial charge >= 0.3 is 0 Å². The second-order valence-electron chi connectivity index (χ2n) is 14.9. The van der Waals surface area contributed by atoms with E-state index in [1.54, 1.807) is 0 Å². The number of hydrogen-bond acceptors (Lipinski definition) is 2. The van der Waals surface area contributed by atoms with Gasteiger partial charge < -0.3 is 9.32 Å². The first-order chi connectivity index (χ1) is 28.8. The van der Waals surface area contributed by atoms with E-state index in [9.17, 15) is 0 Å². The molecule has 58 heavy (non-hydrogen) atoms. The van der Waals surface area contributed by atoms with Crippen molar-refractivity contribution in [3.63, 3.8) is 0 Å². The Bertz CT molecular complexity index is 3230. The quantitative estimate of drug-likeness (QED) is 0.162. The Labute approximate surface area is 337 Å². The maximum absolute atomic E-state index is 7.19. The van der Waals surface area contributed by atoms with Crippen molar-refractivity contribution >= 4 is 60.5 Å². The Hall–Kier alpha value is -7.68. The average molecular weight is 740 g/mol. The van der Waals surface area contributed by atoms with Crippen molar-refractivity contribution in [3.05, 3.63) is 224 Å². The predicted octanol–water partition coefficient (Wildman–Crippen LogP) is 16.0. The minimum Gasteiger partial charge on any atom is -0.453 e. The van der Waals surface area contributed by atoms with E-state index in [0.29, 0.717) is 0 Å². The molecular formula is C56H37NO. The zero-order valence-corrected chi connectivity index (χ0v) is 31.7. The molecule has 272 valence electrons. The van der Waals surface area contributed by atoms with Gasteiger partial charge in [0.25, 0.3) is 0 Å². The largest absolute Gasteiger partial charge is 0.453 e. The lowest BCUT2D eigenvalue weighted by Gasteiger charge is -2.26. The van der Waals surface area contributed by atoms with Crippen molar-refractivity contribution in [2.24, 2.45) is 0 Å². The van der Waals surface area contributed by atoms with Crippen LogP contribution < -0.4 is 4.90 Å². The molecule has 0 aliphatic rings. The molecule has 2 heteroatoms. The SMILES string of the molecule is c1ccc(-c2ccc(-c3ccc(N(c4ccc(-c5ccccc5)cc4)c4ccc(-c5cccc6ccccc56)c5c4oc4c6ccccc6ccc45)cc3)cc2)cc1. The summed E-state index contributed by atoms with van der Waals surface area (Å²) in [6, 6.07) is 80.5. The number of nitrogens with zero attached hydrogens (tertiary/aromatic N) is 1. The maximum Gasteiger partial charge on any atom is 0.160 e. The molecule has 0 saturated heterocycles. The molecule has 2 nitrogen and oxygen atoms in total. The molecule has 1 aromatic heterocycles. The third-order valence-corrected chi connectivity index (χ3v) is 11.5. The summed E-state index contributed by atoms with van der Waals surface area (Å²) in [6.45, 7) is 0. The lowest BCUT2D eigenvalue weighted by molar-refractivity contribution is 0.673. The van der Waals surface area contributed by atoms with Gasteiger partial charge in [-0.25, -0.2) is 0 Å². The summed E-state index contributed by atoms with van der Waals surface area (Å²) < 4.78 is 7.19. The van der Waals surface area contributed by atoms with Gasteiger partial charge in [0.15, 0.2) is 5.58 Å². The molecule has 0 bridgehead atoms. The Morgan fingerprint density at radius 3 is 1.33 bits per heavy atom. The smallest absolute Gasteiger partial charge is 0.160 e. The van der Waals surface area contributed by atoms with Crippen LogP contribution in [0.15, 0.2) is 229 Å². The van der Waals surface area contributed by atoms with Gasteiger partial charge in [0.2, 0.25) is 0 Å². The Morgan fingerprint density at radius 1 is 0.276 bits per heavy atom. The summed E-state index contributed by atoms with van der Waals surface area (Å²) in [6.07, 6.45) is 0. The standard InChI is InChI=1S/C56H37NO/c1-3-12-38(13-4-1)40-22-24-41(25-23-40)43-28-33-47(34-29-43)57(46-31-26-42(27-32-46)39-14-5-2-6-15-39)53-37-36-51(50-21-11-18-44-16-7-9-19-48(44)50)54-52-35-30-45-17-8-10-20-49(45)55(52)58-56(53)54/h1-37H. The van der Waals surface area contributed by atoms with Gasteiger partial charge in [0.1, 0.15) is 5.58 Å². The molecule has 0 fully saturated rings. The first-order valence-corrected chi connectivity index (χ1v) is 19.8. The van der Waals surface area contributed by atoms with Crippen molar-refractivity contribution < 1.29 is 4.42 Å². The molecule has 0 amide bonds. The first-order valence-electron chi connectivity index (χ1n) is 19.8. The van der Waals surface area contributed by atoms with Gasteiger partial charge in [0, 0.05) is 27.5 Å². The van der Waals surface area contributed by atoms with Gasteiger partial charge in [-0.05, 0) is 97.1 Å². The fourth-order valence-corrected chi connectivity index (χ4v) is 8.60. The number of furan rings is 1. The second kappa shape index (κ2) is 14.1. The van der Waals surface area contributed by atoms with Crippen molar-refractivity contribution in [3.8, 4) is 44.5 Å². The van der Waals surface area contributed by atoms with Crippen LogP contribution in [-0.4, -0.2) is 0 Å². The Balaban J connectivity index is 1.11. The van der Waals surface area contributed by atoms with Crippen molar-refractivity contribution in [1.29, 1.82) is 0 Å². The summed E-state index contributed by atoms with van der Waals surface area (Å²) in [5.41, 5.74) is 14.3. The number of rotatable bonds is 7. The van der Waals surface area contributed by atoms with Crippen LogP contribution in [-0.2, 0) is 0 Å². The maximum atomic E-state index is 7.19. The highest BCUT2D eigenvalue weighted by atomic mass is 16.3. The number of benzene rings is 10. The molecule has 0 saturated carbocycles. The molecule has 0 atom stereocenters. The molecule has 0 N–H and O–H groups in total.